The molecule has 0 N–H and O–H groups in total. The van der Waals surface area contributed by atoms with Gasteiger partial charge in [-0.25, -0.2) is 0 Å². The first-order valence-electron chi connectivity index (χ1n) is 6.28. The summed E-state index contributed by atoms with van der Waals surface area (Å²) >= 11 is 5.83. The third kappa shape index (κ3) is 3.41. The summed E-state index contributed by atoms with van der Waals surface area (Å²) in [7, 11) is 0. The van der Waals surface area contributed by atoms with Crippen molar-refractivity contribution >= 4 is 23.2 Å². The van der Waals surface area contributed by atoms with E-state index in [4.69, 9.17) is 16.0 Å². The Morgan fingerprint density at radius 2 is 2.19 bits per heavy atom. The van der Waals surface area contributed by atoms with E-state index in [0.717, 1.165) is 0 Å². The van der Waals surface area contributed by atoms with E-state index in [1.807, 2.05) is 6.92 Å². The number of hydrogen-bond donors (Lipinski definition) is 0. The molecule has 7 heteroatoms. The molecule has 0 saturated heterocycles. The monoisotopic (exact) mass is 308 g/mol. The van der Waals surface area contributed by atoms with E-state index in [-0.39, 0.29) is 16.6 Å². The molecule has 0 aliphatic rings. The molecule has 0 radical (unpaired) electrons. The molecule has 6 nitrogen and oxygen atoms in total. The van der Waals surface area contributed by atoms with E-state index in [1.165, 1.54) is 24.5 Å². The lowest BCUT2D eigenvalue weighted by molar-refractivity contribution is -0.384. The van der Waals surface area contributed by atoms with Crippen molar-refractivity contribution in [3.05, 3.63) is 63.1 Å². The Bertz CT molecular complexity index is 655. The summed E-state index contributed by atoms with van der Waals surface area (Å²) in [6.07, 6.45) is 1.54. The second-order valence-electron chi connectivity index (χ2n) is 4.32. The average molecular weight is 309 g/mol. The first kappa shape index (κ1) is 15.1. The van der Waals surface area contributed by atoms with Crippen LogP contribution < -0.4 is 0 Å². The van der Waals surface area contributed by atoms with E-state index in [0.29, 0.717) is 24.4 Å². The highest BCUT2D eigenvalue weighted by molar-refractivity contribution is 6.33. The topological polar surface area (TPSA) is 76.6 Å². The first-order chi connectivity index (χ1) is 10.0. The summed E-state index contributed by atoms with van der Waals surface area (Å²) < 4.78 is 5.22. The molecule has 1 amide bonds. The van der Waals surface area contributed by atoms with Crippen molar-refractivity contribution in [1.29, 1.82) is 0 Å². The second kappa shape index (κ2) is 6.41. The average Bonchev–Trinajstić information content (AvgIpc) is 2.96. The van der Waals surface area contributed by atoms with Gasteiger partial charge in [-0.2, -0.15) is 0 Å². The molecule has 2 rings (SSSR count). The Morgan fingerprint density at radius 1 is 1.43 bits per heavy atom. The van der Waals surface area contributed by atoms with E-state index in [1.54, 1.807) is 17.0 Å². The number of nitro benzene ring substituents is 1. The Kier molecular flexibility index (Phi) is 4.59. The van der Waals surface area contributed by atoms with Gasteiger partial charge in [0.25, 0.3) is 11.6 Å². The van der Waals surface area contributed by atoms with Gasteiger partial charge < -0.3 is 9.32 Å². The standard InChI is InChI=1S/C14H13ClN2O4/c1-2-16(9-11-4-3-7-21-11)14(18)10-5-6-13(17(19)20)12(15)8-10/h3-8H,2,9H2,1H3. The maximum Gasteiger partial charge on any atom is 0.287 e. The third-order valence-electron chi connectivity index (χ3n) is 2.99. The SMILES string of the molecule is CCN(Cc1ccco1)C(=O)c1ccc([N+](=O)[O-])c(Cl)c1. The predicted molar refractivity (Wildman–Crippen MR) is 77.2 cm³/mol. The first-order valence-corrected chi connectivity index (χ1v) is 6.66. The third-order valence-corrected chi connectivity index (χ3v) is 3.29. The van der Waals surface area contributed by atoms with Crippen LogP contribution in [0.5, 0.6) is 0 Å². The zero-order valence-electron chi connectivity index (χ0n) is 11.3. The van der Waals surface area contributed by atoms with Crippen molar-refractivity contribution in [3.8, 4) is 0 Å². The van der Waals surface area contributed by atoms with Crippen LogP contribution in [0.25, 0.3) is 0 Å². The molecule has 0 aliphatic carbocycles. The molecule has 0 spiro atoms. The van der Waals surface area contributed by atoms with Crippen LogP contribution in [0.2, 0.25) is 5.02 Å². The molecule has 0 bridgehead atoms. The molecular formula is C14H13ClN2O4. The number of amides is 1. The number of rotatable bonds is 5. The minimum absolute atomic E-state index is 0.0556. The lowest BCUT2D eigenvalue weighted by atomic mass is 10.1. The normalized spacial score (nSPS) is 10.4. The van der Waals surface area contributed by atoms with Gasteiger partial charge in [-0.1, -0.05) is 11.6 Å². The summed E-state index contributed by atoms with van der Waals surface area (Å²) in [6.45, 7) is 2.65. The molecule has 1 heterocycles. The summed E-state index contributed by atoms with van der Waals surface area (Å²) in [5.74, 6) is 0.406. The number of nitrogens with zero attached hydrogens (tertiary/aromatic N) is 2. The van der Waals surface area contributed by atoms with Crippen molar-refractivity contribution < 1.29 is 14.1 Å². The number of halogens is 1. The number of nitro groups is 1. The summed E-state index contributed by atoms with van der Waals surface area (Å²) in [5, 5.41) is 10.7. The quantitative estimate of drug-likeness (QED) is 0.625. The van der Waals surface area contributed by atoms with Crippen molar-refractivity contribution in [2.75, 3.05) is 6.54 Å². The van der Waals surface area contributed by atoms with Crippen LogP contribution in [-0.2, 0) is 6.54 Å². The lowest BCUT2D eigenvalue weighted by Gasteiger charge is -2.19. The van der Waals surface area contributed by atoms with Gasteiger partial charge in [-0.05, 0) is 31.2 Å². The van der Waals surface area contributed by atoms with Gasteiger partial charge in [0.15, 0.2) is 0 Å². The number of carbonyl (C=O) groups is 1. The number of carbonyl (C=O) groups excluding carboxylic acids is 1. The maximum atomic E-state index is 12.4. The minimum Gasteiger partial charge on any atom is -0.467 e. The minimum atomic E-state index is -0.586. The molecule has 0 aliphatic heterocycles. The largest absolute Gasteiger partial charge is 0.467 e. The fraction of sp³-hybridized carbons (Fsp3) is 0.214. The molecule has 1 aromatic carbocycles. The van der Waals surface area contributed by atoms with Crippen LogP contribution in [0.4, 0.5) is 5.69 Å². The number of furan rings is 1. The molecule has 0 atom stereocenters. The van der Waals surface area contributed by atoms with Crippen LogP contribution in [0.1, 0.15) is 23.0 Å². The molecule has 0 unspecified atom stereocenters. The summed E-state index contributed by atoms with van der Waals surface area (Å²) in [5.41, 5.74) is 0.0845. The second-order valence-corrected chi connectivity index (χ2v) is 4.73. The van der Waals surface area contributed by atoms with Gasteiger partial charge >= 0.3 is 0 Å². The fourth-order valence-corrected chi connectivity index (χ4v) is 2.14. The Morgan fingerprint density at radius 3 is 2.71 bits per heavy atom. The van der Waals surface area contributed by atoms with Crippen molar-refractivity contribution in [2.45, 2.75) is 13.5 Å². The van der Waals surface area contributed by atoms with Crippen LogP contribution in [-0.4, -0.2) is 22.3 Å². The lowest BCUT2D eigenvalue weighted by Crippen LogP contribution is -2.30. The molecule has 0 saturated carbocycles. The van der Waals surface area contributed by atoms with Crippen molar-refractivity contribution in [1.82, 2.24) is 4.90 Å². The summed E-state index contributed by atoms with van der Waals surface area (Å²) in [4.78, 5) is 24.1. The van der Waals surface area contributed by atoms with Gasteiger partial charge in [0.05, 0.1) is 17.7 Å². The van der Waals surface area contributed by atoms with E-state index in [2.05, 4.69) is 0 Å². The Hall–Kier alpha value is -2.34. The highest BCUT2D eigenvalue weighted by atomic mass is 35.5. The van der Waals surface area contributed by atoms with E-state index >= 15 is 0 Å². The van der Waals surface area contributed by atoms with E-state index < -0.39 is 4.92 Å². The highest BCUT2D eigenvalue weighted by Gasteiger charge is 2.19. The molecule has 0 fully saturated rings. The Labute approximate surface area is 126 Å². The molecule has 2 aromatic rings. The van der Waals surface area contributed by atoms with Crippen LogP contribution in [0.3, 0.4) is 0 Å². The molecule has 110 valence electrons. The van der Waals surface area contributed by atoms with Crippen LogP contribution >= 0.6 is 11.6 Å². The number of hydrogen-bond acceptors (Lipinski definition) is 4. The van der Waals surface area contributed by atoms with E-state index in [9.17, 15) is 14.9 Å². The summed E-state index contributed by atoms with van der Waals surface area (Å²) in [6, 6.07) is 7.47. The van der Waals surface area contributed by atoms with Crippen LogP contribution in [0.15, 0.2) is 41.0 Å². The van der Waals surface area contributed by atoms with Crippen molar-refractivity contribution in [3.63, 3.8) is 0 Å². The van der Waals surface area contributed by atoms with Gasteiger partial charge in [0, 0.05) is 18.2 Å². The zero-order valence-corrected chi connectivity index (χ0v) is 12.0. The highest BCUT2D eigenvalue weighted by Crippen LogP contribution is 2.25. The van der Waals surface area contributed by atoms with Crippen molar-refractivity contribution in [2.24, 2.45) is 0 Å². The maximum absolute atomic E-state index is 12.4. The zero-order chi connectivity index (χ0) is 15.4. The Balaban J connectivity index is 2.21. The number of benzene rings is 1. The molecule has 21 heavy (non-hydrogen) atoms. The van der Waals surface area contributed by atoms with Gasteiger partial charge in [-0.3, -0.25) is 14.9 Å². The van der Waals surface area contributed by atoms with Gasteiger partial charge in [0.2, 0.25) is 0 Å². The van der Waals surface area contributed by atoms with Crippen LogP contribution in [0, 0.1) is 10.1 Å². The fourth-order valence-electron chi connectivity index (χ4n) is 1.89. The van der Waals surface area contributed by atoms with Gasteiger partial charge in [-0.15, -0.1) is 0 Å². The molecular weight excluding hydrogens is 296 g/mol. The smallest absolute Gasteiger partial charge is 0.287 e. The molecule has 1 aromatic heterocycles. The predicted octanol–water partition coefficient (Wildman–Crippen LogP) is 3.50. The van der Waals surface area contributed by atoms with Gasteiger partial charge in [0.1, 0.15) is 10.8 Å².